The molecule has 0 radical (unpaired) electrons. The Morgan fingerprint density at radius 1 is 1.32 bits per heavy atom. The van der Waals surface area contributed by atoms with Crippen molar-refractivity contribution < 1.29 is 13.2 Å². The van der Waals surface area contributed by atoms with Gasteiger partial charge in [0.25, 0.3) is 15.0 Å². The summed E-state index contributed by atoms with van der Waals surface area (Å²) in [5.74, 6) is 0.211. The monoisotopic (exact) mass is 303 g/mol. The minimum atomic E-state index is -3.82. The van der Waals surface area contributed by atoms with E-state index in [1.165, 1.54) is 12.1 Å². The van der Waals surface area contributed by atoms with E-state index >= 15 is 0 Å². The van der Waals surface area contributed by atoms with Crippen molar-refractivity contribution in [3.05, 3.63) is 29.3 Å². The van der Waals surface area contributed by atoms with E-state index < -0.39 is 9.05 Å². The fourth-order valence-electron chi connectivity index (χ4n) is 1.60. The van der Waals surface area contributed by atoms with E-state index in [4.69, 9.17) is 10.7 Å². The van der Waals surface area contributed by atoms with Crippen molar-refractivity contribution in [2.75, 3.05) is 6.54 Å². The Hall–Kier alpha value is -1.07. The number of hydrogen-bond donors (Lipinski definition) is 1. The highest BCUT2D eigenvalue weighted by atomic mass is 35.7. The van der Waals surface area contributed by atoms with Crippen LogP contribution in [0.15, 0.2) is 23.1 Å². The van der Waals surface area contributed by atoms with Crippen molar-refractivity contribution in [2.24, 2.45) is 5.92 Å². The zero-order valence-electron chi connectivity index (χ0n) is 11.2. The highest BCUT2D eigenvalue weighted by molar-refractivity contribution is 8.13. The van der Waals surface area contributed by atoms with Crippen LogP contribution in [0.4, 0.5) is 0 Å². The molecule has 1 rings (SSSR count). The van der Waals surface area contributed by atoms with E-state index in [-0.39, 0.29) is 10.8 Å². The fraction of sp³-hybridized carbons (Fsp3) is 0.462. The predicted molar refractivity (Wildman–Crippen MR) is 76.0 cm³/mol. The van der Waals surface area contributed by atoms with Gasteiger partial charge in [0.2, 0.25) is 0 Å². The highest BCUT2D eigenvalue weighted by Crippen LogP contribution is 2.18. The summed E-state index contributed by atoms with van der Waals surface area (Å²) in [5.41, 5.74) is 0.985. The zero-order valence-corrected chi connectivity index (χ0v) is 12.8. The Morgan fingerprint density at radius 2 is 1.95 bits per heavy atom. The van der Waals surface area contributed by atoms with Crippen molar-refractivity contribution >= 4 is 25.6 Å². The van der Waals surface area contributed by atoms with Crippen molar-refractivity contribution in [3.8, 4) is 0 Å². The van der Waals surface area contributed by atoms with Crippen molar-refractivity contribution in [2.45, 2.75) is 32.1 Å². The van der Waals surface area contributed by atoms with E-state index in [1.54, 1.807) is 13.0 Å². The van der Waals surface area contributed by atoms with Gasteiger partial charge in [-0.2, -0.15) is 0 Å². The molecule has 1 N–H and O–H groups in total. The van der Waals surface area contributed by atoms with Crippen LogP contribution in [-0.2, 0) is 9.05 Å². The van der Waals surface area contributed by atoms with Gasteiger partial charge in [-0.15, -0.1) is 0 Å². The van der Waals surface area contributed by atoms with Gasteiger partial charge >= 0.3 is 0 Å². The van der Waals surface area contributed by atoms with Gasteiger partial charge < -0.3 is 5.32 Å². The average molecular weight is 304 g/mol. The molecule has 19 heavy (non-hydrogen) atoms. The van der Waals surface area contributed by atoms with Gasteiger partial charge in [-0.05, 0) is 43.0 Å². The average Bonchev–Trinajstić information content (AvgIpc) is 2.26. The first-order valence-electron chi connectivity index (χ1n) is 6.04. The number of carbonyl (C=O) groups is 1. The maximum atomic E-state index is 11.9. The van der Waals surface area contributed by atoms with Crippen molar-refractivity contribution in [1.29, 1.82) is 0 Å². The summed E-state index contributed by atoms with van der Waals surface area (Å²) in [6.07, 6.45) is 0.873. The summed E-state index contributed by atoms with van der Waals surface area (Å²) in [6.45, 7) is 6.41. The van der Waals surface area contributed by atoms with Gasteiger partial charge in [0.05, 0.1) is 4.90 Å². The molecular formula is C13H18ClNO3S. The predicted octanol–water partition coefficient (Wildman–Crippen LogP) is 2.70. The number of amides is 1. The van der Waals surface area contributed by atoms with Crippen LogP contribution in [0.3, 0.4) is 0 Å². The third-order valence-corrected chi connectivity index (χ3v) is 3.94. The highest BCUT2D eigenvalue weighted by Gasteiger charge is 2.14. The van der Waals surface area contributed by atoms with E-state index in [1.807, 2.05) is 0 Å². The van der Waals surface area contributed by atoms with E-state index in [9.17, 15) is 13.2 Å². The molecule has 0 aliphatic heterocycles. The minimum absolute atomic E-state index is 0.0526. The zero-order chi connectivity index (χ0) is 14.6. The lowest BCUT2D eigenvalue weighted by molar-refractivity contribution is 0.0951. The standard InChI is InChI=1S/C13H18ClNO3S/c1-9(2)4-5-15-13(16)11-6-10(3)7-12(8-11)19(14,17)18/h6-9H,4-5H2,1-3H3,(H,15,16). The van der Waals surface area contributed by atoms with E-state index in [0.717, 1.165) is 6.42 Å². The summed E-state index contributed by atoms with van der Waals surface area (Å²) < 4.78 is 22.6. The second-order valence-corrected chi connectivity index (χ2v) is 7.48. The van der Waals surface area contributed by atoms with Crippen LogP contribution in [0.25, 0.3) is 0 Å². The molecule has 0 saturated heterocycles. The van der Waals surface area contributed by atoms with E-state index in [0.29, 0.717) is 23.6 Å². The molecule has 0 unspecified atom stereocenters. The number of aryl methyl sites for hydroxylation is 1. The molecule has 0 bridgehead atoms. The lowest BCUT2D eigenvalue weighted by Crippen LogP contribution is -2.25. The molecule has 1 aromatic rings. The quantitative estimate of drug-likeness (QED) is 0.851. The molecule has 0 saturated carbocycles. The molecule has 4 nitrogen and oxygen atoms in total. The lowest BCUT2D eigenvalue weighted by Gasteiger charge is -2.08. The van der Waals surface area contributed by atoms with Crippen LogP contribution in [0.5, 0.6) is 0 Å². The molecule has 0 heterocycles. The lowest BCUT2D eigenvalue weighted by atomic mass is 10.1. The summed E-state index contributed by atoms with van der Waals surface area (Å²) in [4.78, 5) is 11.9. The molecular weight excluding hydrogens is 286 g/mol. The van der Waals surface area contributed by atoms with Crippen LogP contribution < -0.4 is 5.32 Å². The maximum Gasteiger partial charge on any atom is 0.261 e. The Kier molecular flexibility index (Phi) is 5.38. The van der Waals surface area contributed by atoms with Gasteiger partial charge in [0.1, 0.15) is 0 Å². The smallest absolute Gasteiger partial charge is 0.261 e. The molecule has 0 spiro atoms. The number of carbonyl (C=O) groups excluding carboxylic acids is 1. The van der Waals surface area contributed by atoms with Crippen LogP contribution in [0.1, 0.15) is 36.2 Å². The second-order valence-electron chi connectivity index (χ2n) is 4.91. The van der Waals surface area contributed by atoms with Gasteiger partial charge in [0, 0.05) is 22.8 Å². The topological polar surface area (TPSA) is 63.2 Å². The van der Waals surface area contributed by atoms with Crippen molar-refractivity contribution in [3.63, 3.8) is 0 Å². The van der Waals surface area contributed by atoms with Gasteiger partial charge in [-0.3, -0.25) is 4.79 Å². The Bertz CT molecular complexity index is 567. The fourth-order valence-corrected chi connectivity index (χ4v) is 2.46. The first-order valence-corrected chi connectivity index (χ1v) is 8.35. The number of halogens is 1. The molecule has 1 aromatic carbocycles. The van der Waals surface area contributed by atoms with Crippen LogP contribution >= 0.6 is 10.7 Å². The molecule has 0 aliphatic rings. The summed E-state index contributed by atoms with van der Waals surface area (Å²) in [7, 11) is 1.47. The molecule has 106 valence electrons. The number of hydrogen-bond acceptors (Lipinski definition) is 3. The third kappa shape index (κ3) is 5.20. The molecule has 0 aromatic heterocycles. The molecule has 6 heteroatoms. The van der Waals surface area contributed by atoms with Gasteiger partial charge in [-0.25, -0.2) is 8.42 Å². The molecule has 0 atom stereocenters. The van der Waals surface area contributed by atoms with Gasteiger partial charge in [0.15, 0.2) is 0 Å². The first-order chi connectivity index (χ1) is 8.70. The van der Waals surface area contributed by atoms with Crippen LogP contribution in [0.2, 0.25) is 0 Å². The van der Waals surface area contributed by atoms with E-state index in [2.05, 4.69) is 19.2 Å². The maximum absolute atomic E-state index is 11.9. The number of benzene rings is 1. The summed E-state index contributed by atoms with van der Waals surface area (Å²) in [5, 5.41) is 2.76. The molecule has 1 amide bonds. The number of nitrogens with one attached hydrogen (secondary N) is 1. The second kappa shape index (κ2) is 6.39. The Labute approximate surface area is 118 Å². The largest absolute Gasteiger partial charge is 0.352 e. The minimum Gasteiger partial charge on any atom is -0.352 e. The Morgan fingerprint density at radius 3 is 2.47 bits per heavy atom. The summed E-state index contributed by atoms with van der Waals surface area (Å²) >= 11 is 0. The SMILES string of the molecule is Cc1cc(C(=O)NCCC(C)C)cc(S(=O)(=O)Cl)c1. The molecule has 0 aliphatic carbocycles. The van der Waals surface area contributed by atoms with Crippen LogP contribution in [0, 0.1) is 12.8 Å². The summed E-state index contributed by atoms with van der Waals surface area (Å²) in [6, 6.07) is 4.36. The third-order valence-electron chi connectivity index (χ3n) is 2.60. The normalized spacial score (nSPS) is 11.6. The van der Waals surface area contributed by atoms with Crippen LogP contribution in [-0.4, -0.2) is 20.9 Å². The number of rotatable bonds is 5. The molecule has 0 fully saturated rings. The Balaban J connectivity index is 2.89. The van der Waals surface area contributed by atoms with Gasteiger partial charge in [-0.1, -0.05) is 13.8 Å². The van der Waals surface area contributed by atoms with Crippen molar-refractivity contribution in [1.82, 2.24) is 5.32 Å². The first kappa shape index (κ1) is 16.0.